The molecule has 2 heterocycles. The number of para-hydroxylation sites is 1. The van der Waals surface area contributed by atoms with Gasteiger partial charge in [-0.1, -0.05) is 18.2 Å². The lowest BCUT2D eigenvalue weighted by atomic mass is 10.1. The molecule has 1 aliphatic rings. The Kier molecular flexibility index (Phi) is 3.02. The molecule has 94 valence electrons. The maximum Gasteiger partial charge on any atom is 0.122 e. The molecule has 2 aromatic rings. The number of aromatic nitrogens is 2. The number of hydrogen-bond donors (Lipinski definition) is 3. The van der Waals surface area contributed by atoms with Crippen LogP contribution in [0.2, 0.25) is 0 Å². The average Bonchev–Trinajstić information content (AvgIpc) is 3.05. The van der Waals surface area contributed by atoms with Gasteiger partial charge in [0.2, 0.25) is 0 Å². The van der Waals surface area contributed by atoms with Crippen LogP contribution < -0.4 is 10.6 Å². The maximum atomic E-state index is 4.27. The number of imidazole rings is 1. The number of aromatic amines is 1. The van der Waals surface area contributed by atoms with Gasteiger partial charge in [0.25, 0.3) is 0 Å². The zero-order chi connectivity index (χ0) is 12.4. The van der Waals surface area contributed by atoms with Gasteiger partial charge >= 0.3 is 0 Å². The summed E-state index contributed by atoms with van der Waals surface area (Å²) in [6, 6.07) is 6.76. The fraction of sp³-hybridized carbons (Fsp3) is 0.357. The van der Waals surface area contributed by atoms with Gasteiger partial charge in [0, 0.05) is 31.2 Å². The van der Waals surface area contributed by atoms with Crippen LogP contribution in [0, 0.1) is 0 Å². The van der Waals surface area contributed by atoms with E-state index in [0.717, 1.165) is 25.3 Å². The van der Waals surface area contributed by atoms with Crippen molar-refractivity contribution < 1.29 is 0 Å². The molecule has 0 saturated heterocycles. The second-order valence-corrected chi connectivity index (χ2v) is 4.71. The van der Waals surface area contributed by atoms with E-state index in [1.807, 2.05) is 6.20 Å². The van der Waals surface area contributed by atoms with Crippen molar-refractivity contribution in [2.24, 2.45) is 0 Å². The lowest BCUT2D eigenvalue weighted by molar-refractivity contribution is 0.551. The van der Waals surface area contributed by atoms with Crippen molar-refractivity contribution in [3.63, 3.8) is 0 Å². The van der Waals surface area contributed by atoms with Crippen molar-refractivity contribution in [2.75, 3.05) is 11.9 Å². The minimum Gasteiger partial charge on any atom is -0.384 e. The molecule has 0 amide bonds. The number of hydrogen-bond acceptors (Lipinski definition) is 3. The number of fused-ring (bicyclic) bond motifs is 1. The van der Waals surface area contributed by atoms with E-state index in [4.69, 9.17) is 0 Å². The zero-order valence-electron chi connectivity index (χ0n) is 10.5. The third-order valence-electron chi connectivity index (χ3n) is 3.46. The molecule has 0 radical (unpaired) electrons. The van der Waals surface area contributed by atoms with Gasteiger partial charge in [0.15, 0.2) is 0 Å². The minimum atomic E-state index is 0.234. The van der Waals surface area contributed by atoms with Gasteiger partial charge in [0.1, 0.15) is 5.82 Å². The van der Waals surface area contributed by atoms with Crippen LogP contribution >= 0.6 is 0 Å². The van der Waals surface area contributed by atoms with Crippen molar-refractivity contribution in [3.8, 4) is 0 Å². The highest BCUT2D eigenvalue weighted by Crippen LogP contribution is 2.26. The smallest absolute Gasteiger partial charge is 0.122 e. The topological polar surface area (TPSA) is 52.7 Å². The molecule has 1 unspecified atom stereocenters. The summed E-state index contributed by atoms with van der Waals surface area (Å²) in [5.41, 5.74) is 4.08. The highest BCUT2D eigenvalue weighted by molar-refractivity contribution is 5.61. The quantitative estimate of drug-likeness (QED) is 0.770. The van der Waals surface area contributed by atoms with Crippen molar-refractivity contribution in [3.05, 3.63) is 47.5 Å². The second-order valence-electron chi connectivity index (χ2n) is 4.71. The number of rotatable bonds is 4. The molecule has 1 aliphatic heterocycles. The normalized spacial score (nSPS) is 15.2. The van der Waals surface area contributed by atoms with E-state index in [1.54, 1.807) is 6.20 Å². The first-order valence-electron chi connectivity index (χ1n) is 6.42. The summed E-state index contributed by atoms with van der Waals surface area (Å²) in [5, 5.41) is 6.96. The van der Waals surface area contributed by atoms with Crippen LogP contribution in [0.1, 0.15) is 29.9 Å². The first kappa shape index (κ1) is 11.3. The summed E-state index contributed by atoms with van der Waals surface area (Å²) in [7, 11) is 0. The molecule has 0 bridgehead atoms. The standard InChI is InChI=1S/C14H18N4/c1-10(14-16-7-8-17-14)18-9-12-4-2-3-11-5-6-15-13(11)12/h2-4,7-8,10,15,18H,5-6,9H2,1H3,(H,16,17). The highest BCUT2D eigenvalue weighted by Gasteiger charge is 2.14. The predicted octanol–water partition coefficient (Wildman–Crippen LogP) is 2.23. The monoisotopic (exact) mass is 242 g/mol. The Bertz CT molecular complexity index is 519. The van der Waals surface area contributed by atoms with E-state index < -0.39 is 0 Å². The predicted molar refractivity (Wildman–Crippen MR) is 72.5 cm³/mol. The molecule has 18 heavy (non-hydrogen) atoms. The van der Waals surface area contributed by atoms with Gasteiger partial charge in [-0.3, -0.25) is 0 Å². The van der Waals surface area contributed by atoms with Gasteiger partial charge in [-0.2, -0.15) is 0 Å². The first-order chi connectivity index (χ1) is 8.84. The highest BCUT2D eigenvalue weighted by atomic mass is 15.0. The number of anilines is 1. The molecule has 4 nitrogen and oxygen atoms in total. The third-order valence-corrected chi connectivity index (χ3v) is 3.46. The summed E-state index contributed by atoms with van der Waals surface area (Å²) in [6.07, 6.45) is 4.78. The van der Waals surface area contributed by atoms with Crippen molar-refractivity contribution in [1.29, 1.82) is 0 Å². The molecule has 1 aromatic heterocycles. The fourth-order valence-corrected chi connectivity index (χ4v) is 2.43. The number of H-pyrrole nitrogens is 1. The van der Waals surface area contributed by atoms with E-state index in [0.29, 0.717) is 0 Å². The average molecular weight is 242 g/mol. The molecule has 1 aromatic carbocycles. The van der Waals surface area contributed by atoms with Crippen molar-refractivity contribution in [1.82, 2.24) is 15.3 Å². The van der Waals surface area contributed by atoms with Gasteiger partial charge in [-0.25, -0.2) is 4.98 Å². The van der Waals surface area contributed by atoms with E-state index in [9.17, 15) is 0 Å². The summed E-state index contributed by atoms with van der Waals surface area (Å²) in [4.78, 5) is 7.40. The molecule has 1 atom stereocenters. The summed E-state index contributed by atoms with van der Waals surface area (Å²) < 4.78 is 0. The molecular weight excluding hydrogens is 224 g/mol. The van der Waals surface area contributed by atoms with Gasteiger partial charge in [0.05, 0.1) is 6.04 Å². The fourth-order valence-electron chi connectivity index (χ4n) is 2.43. The Morgan fingerprint density at radius 3 is 3.22 bits per heavy atom. The van der Waals surface area contributed by atoms with E-state index >= 15 is 0 Å². The molecule has 0 fully saturated rings. The second kappa shape index (κ2) is 4.82. The van der Waals surface area contributed by atoms with Crippen molar-refractivity contribution >= 4 is 5.69 Å². The molecule has 3 rings (SSSR count). The Morgan fingerprint density at radius 2 is 2.39 bits per heavy atom. The minimum absolute atomic E-state index is 0.234. The lowest BCUT2D eigenvalue weighted by Crippen LogP contribution is -2.19. The molecule has 3 N–H and O–H groups in total. The molecule has 4 heteroatoms. The number of nitrogens with zero attached hydrogens (tertiary/aromatic N) is 1. The number of nitrogens with one attached hydrogen (secondary N) is 3. The van der Waals surface area contributed by atoms with E-state index in [1.165, 1.54) is 16.8 Å². The Labute approximate surface area is 107 Å². The zero-order valence-corrected chi connectivity index (χ0v) is 10.5. The van der Waals surface area contributed by atoms with Crippen LogP contribution in [0.3, 0.4) is 0 Å². The van der Waals surface area contributed by atoms with Crippen LogP contribution in [-0.2, 0) is 13.0 Å². The van der Waals surface area contributed by atoms with Crippen LogP contribution in [0.5, 0.6) is 0 Å². The van der Waals surface area contributed by atoms with Crippen LogP contribution in [0.4, 0.5) is 5.69 Å². The summed E-state index contributed by atoms with van der Waals surface area (Å²) in [6.45, 7) is 4.04. The maximum absolute atomic E-state index is 4.27. The summed E-state index contributed by atoms with van der Waals surface area (Å²) >= 11 is 0. The Hall–Kier alpha value is -1.81. The largest absolute Gasteiger partial charge is 0.384 e. The SMILES string of the molecule is CC(NCc1cccc2c1NCC2)c1ncc[nH]1. The molecule has 0 saturated carbocycles. The van der Waals surface area contributed by atoms with Crippen LogP contribution in [-0.4, -0.2) is 16.5 Å². The molecule has 0 aliphatic carbocycles. The van der Waals surface area contributed by atoms with Gasteiger partial charge in [-0.05, 0) is 24.5 Å². The summed E-state index contributed by atoms with van der Waals surface area (Å²) in [5.74, 6) is 0.982. The van der Waals surface area contributed by atoms with Gasteiger partial charge in [-0.15, -0.1) is 0 Å². The van der Waals surface area contributed by atoms with Crippen LogP contribution in [0.15, 0.2) is 30.6 Å². The van der Waals surface area contributed by atoms with E-state index in [-0.39, 0.29) is 6.04 Å². The molecule has 0 spiro atoms. The third kappa shape index (κ3) is 2.11. The number of benzene rings is 1. The molecular formula is C14H18N4. The van der Waals surface area contributed by atoms with E-state index in [2.05, 4.69) is 45.7 Å². The van der Waals surface area contributed by atoms with Gasteiger partial charge < -0.3 is 15.6 Å². The lowest BCUT2D eigenvalue weighted by Gasteiger charge is -2.14. The Morgan fingerprint density at radius 1 is 1.44 bits per heavy atom. The Balaban J connectivity index is 1.69. The van der Waals surface area contributed by atoms with Crippen molar-refractivity contribution in [2.45, 2.75) is 25.9 Å². The first-order valence-corrected chi connectivity index (χ1v) is 6.42. The van der Waals surface area contributed by atoms with Crippen LogP contribution in [0.25, 0.3) is 0 Å².